The fourth-order valence-electron chi connectivity index (χ4n) is 5.28. The number of benzene rings is 3. The summed E-state index contributed by atoms with van der Waals surface area (Å²) in [5.74, 6) is -0.715. The highest BCUT2D eigenvalue weighted by Crippen LogP contribution is 2.47. The number of hydrogen-bond donors (Lipinski definition) is 1. The number of halogens is 1. The van der Waals surface area contributed by atoms with Crippen LogP contribution < -0.4 is 15.2 Å². The van der Waals surface area contributed by atoms with Crippen LogP contribution in [0.4, 0.5) is 10.1 Å². The second kappa shape index (κ2) is 9.13. The molecule has 0 aromatic heterocycles. The van der Waals surface area contributed by atoms with Crippen molar-refractivity contribution in [1.82, 2.24) is 0 Å². The van der Waals surface area contributed by atoms with Crippen molar-refractivity contribution in [3.8, 4) is 16.9 Å². The van der Waals surface area contributed by atoms with Gasteiger partial charge in [-0.05, 0) is 84.0 Å². The largest absolute Gasteiger partial charge is 0.550 e. The summed E-state index contributed by atoms with van der Waals surface area (Å²) in [4.78, 5) is 11.6. The molecule has 1 aliphatic heterocycles. The molecule has 1 saturated carbocycles. The Morgan fingerprint density at radius 2 is 1.82 bits per heavy atom. The summed E-state index contributed by atoms with van der Waals surface area (Å²) in [6, 6.07) is 19.3. The highest BCUT2D eigenvalue weighted by atomic mass is 19.1. The van der Waals surface area contributed by atoms with Gasteiger partial charge in [0, 0.05) is 23.1 Å². The van der Waals surface area contributed by atoms with Gasteiger partial charge in [-0.3, -0.25) is 0 Å². The molecule has 0 saturated heterocycles. The minimum Gasteiger partial charge on any atom is -0.550 e. The van der Waals surface area contributed by atoms with Crippen LogP contribution in [0.2, 0.25) is 0 Å². The number of carbonyl (C=O) groups excluding carboxylic acids is 1. The maximum Gasteiger partial charge on any atom is 0.131 e. The Hall–Kier alpha value is -3.34. The van der Waals surface area contributed by atoms with E-state index in [1.165, 1.54) is 11.6 Å². The Bertz CT molecular complexity index is 1200. The lowest BCUT2D eigenvalue weighted by molar-refractivity contribution is -0.311. The number of aryl methyl sites for hydroxylation is 1. The predicted molar refractivity (Wildman–Crippen MR) is 129 cm³/mol. The maximum absolute atomic E-state index is 14.4. The van der Waals surface area contributed by atoms with E-state index in [0.29, 0.717) is 17.2 Å². The fourth-order valence-corrected chi connectivity index (χ4v) is 5.28. The van der Waals surface area contributed by atoms with E-state index < -0.39 is 11.9 Å². The molecule has 0 spiro atoms. The van der Waals surface area contributed by atoms with Gasteiger partial charge in [0.05, 0.1) is 13.2 Å². The zero-order valence-electron chi connectivity index (χ0n) is 19.5. The van der Waals surface area contributed by atoms with Crippen LogP contribution in [0, 0.1) is 17.7 Å². The minimum absolute atomic E-state index is 0.00507. The minimum atomic E-state index is -0.979. The van der Waals surface area contributed by atoms with Crippen LogP contribution in [0.15, 0.2) is 60.7 Å². The molecule has 3 atom stereocenters. The van der Waals surface area contributed by atoms with E-state index >= 15 is 0 Å². The van der Waals surface area contributed by atoms with Crippen LogP contribution in [-0.2, 0) is 11.2 Å². The molecule has 1 N–H and O–H groups in total. The molecular weight excluding hydrogens is 429 g/mol. The third kappa shape index (κ3) is 4.39. The van der Waals surface area contributed by atoms with Crippen molar-refractivity contribution in [2.24, 2.45) is 11.8 Å². The number of anilines is 1. The van der Waals surface area contributed by atoms with Crippen molar-refractivity contribution in [2.75, 3.05) is 12.4 Å². The van der Waals surface area contributed by atoms with E-state index in [2.05, 4.69) is 23.5 Å². The molecule has 3 aromatic carbocycles. The molecule has 1 heterocycles. The molecule has 5 rings (SSSR count). The molecule has 1 fully saturated rings. The highest BCUT2D eigenvalue weighted by molar-refractivity contribution is 5.70. The van der Waals surface area contributed by atoms with Crippen molar-refractivity contribution in [3.63, 3.8) is 0 Å². The number of hydrogen-bond acceptors (Lipinski definition) is 4. The van der Waals surface area contributed by atoms with Gasteiger partial charge in [-0.2, -0.15) is 0 Å². The molecule has 0 radical (unpaired) electrons. The zero-order valence-corrected chi connectivity index (χ0v) is 19.5. The predicted octanol–water partition coefficient (Wildman–Crippen LogP) is 5.48. The van der Waals surface area contributed by atoms with Gasteiger partial charge >= 0.3 is 0 Å². The van der Waals surface area contributed by atoms with Crippen LogP contribution in [0.1, 0.15) is 54.8 Å². The van der Waals surface area contributed by atoms with Crippen molar-refractivity contribution < 1.29 is 19.0 Å². The van der Waals surface area contributed by atoms with E-state index in [1.807, 2.05) is 24.3 Å². The fraction of sp³-hybridized carbons (Fsp3) is 0.345. The van der Waals surface area contributed by atoms with Crippen LogP contribution in [0.25, 0.3) is 11.1 Å². The van der Waals surface area contributed by atoms with Gasteiger partial charge in [-0.25, -0.2) is 4.39 Å². The molecule has 34 heavy (non-hydrogen) atoms. The summed E-state index contributed by atoms with van der Waals surface area (Å²) in [6.45, 7) is 1.76. The topological polar surface area (TPSA) is 61.4 Å². The van der Waals surface area contributed by atoms with E-state index in [9.17, 15) is 14.3 Å². The van der Waals surface area contributed by atoms with Gasteiger partial charge in [-0.1, -0.05) is 43.3 Å². The summed E-state index contributed by atoms with van der Waals surface area (Å²) in [5.41, 5.74) is 5.88. The average Bonchev–Trinajstić information content (AvgIpc) is 3.69. The third-order valence-corrected chi connectivity index (χ3v) is 7.39. The number of aliphatic carboxylic acids is 1. The second-order valence-electron chi connectivity index (χ2n) is 9.59. The van der Waals surface area contributed by atoms with Gasteiger partial charge in [0.2, 0.25) is 0 Å². The summed E-state index contributed by atoms with van der Waals surface area (Å²) >= 11 is 0. The van der Waals surface area contributed by atoms with Crippen molar-refractivity contribution >= 4 is 11.7 Å². The Balaban J connectivity index is 1.37. The number of carboxylic acids is 1. The number of methoxy groups -OCH3 is 1. The molecule has 4 nitrogen and oxygen atoms in total. The first kappa shape index (κ1) is 22.5. The molecule has 3 aromatic rings. The van der Waals surface area contributed by atoms with E-state index in [-0.39, 0.29) is 17.8 Å². The molecule has 1 unspecified atom stereocenters. The monoisotopic (exact) mass is 458 g/mol. The number of nitrogens with one attached hydrogen (secondary N) is 1. The lowest BCUT2D eigenvalue weighted by Crippen LogP contribution is -2.34. The highest BCUT2D eigenvalue weighted by Gasteiger charge is 2.36. The summed E-state index contributed by atoms with van der Waals surface area (Å²) in [7, 11) is 1.57. The summed E-state index contributed by atoms with van der Waals surface area (Å²) < 4.78 is 19.6. The first-order valence-corrected chi connectivity index (χ1v) is 12.0. The first-order valence-electron chi connectivity index (χ1n) is 12.0. The number of ether oxygens (including phenoxy) is 1. The smallest absolute Gasteiger partial charge is 0.131 e. The molecule has 0 bridgehead atoms. The quantitative estimate of drug-likeness (QED) is 0.509. The standard InChI is InChI=1S/C29H30FNO3/c1-17(29(32)33)28(21-8-9-21)22-10-7-20-11-14-26(31-27(20)15-22)19-5-3-18(4-6-19)24-16-23(34-2)12-13-25(24)30/h3-7,10,12-13,15-17,21,26,28,31H,8-9,11,14H2,1-2H3,(H,32,33)/p-1/t17-,26?,28-/m0/s1. The van der Waals surface area contributed by atoms with Gasteiger partial charge in [0.25, 0.3) is 0 Å². The molecule has 0 amide bonds. The SMILES string of the molecule is COc1ccc(F)c(-c2ccc(C3CCc4ccc([C@H](C5CC5)[C@H](C)C(=O)[O-])cc4N3)cc2)c1. The number of carboxylic acid groups (broad SMARTS) is 1. The van der Waals surface area contributed by atoms with E-state index in [4.69, 9.17) is 4.74 Å². The van der Waals surface area contributed by atoms with Gasteiger partial charge in [0.15, 0.2) is 0 Å². The Morgan fingerprint density at radius 1 is 1.06 bits per heavy atom. The first-order chi connectivity index (χ1) is 16.4. The van der Waals surface area contributed by atoms with Crippen molar-refractivity contribution in [2.45, 2.75) is 44.6 Å². The molecular formula is C29H29FNO3-. The van der Waals surface area contributed by atoms with Gasteiger partial charge in [0.1, 0.15) is 11.6 Å². The van der Waals surface area contributed by atoms with E-state index in [1.54, 1.807) is 26.2 Å². The van der Waals surface area contributed by atoms with Crippen LogP contribution >= 0.6 is 0 Å². The molecule has 1 aliphatic carbocycles. The third-order valence-electron chi connectivity index (χ3n) is 7.39. The summed E-state index contributed by atoms with van der Waals surface area (Å²) in [5, 5.41) is 15.3. The lowest BCUT2D eigenvalue weighted by Gasteiger charge is -2.30. The second-order valence-corrected chi connectivity index (χ2v) is 9.59. The number of carbonyl (C=O) groups is 1. The van der Waals surface area contributed by atoms with Crippen LogP contribution in [-0.4, -0.2) is 13.1 Å². The molecule has 5 heteroatoms. The molecule has 2 aliphatic rings. The van der Waals surface area contributed by atoms with E-state index in [0.717, 1.165) is 48.1 Å². The average molecular weight is 459 g/mol. The Kier molecular flexibility index (Phi) is 6.03. The van der Waals surface area contributed by atoms with Gasteiger partial charge in [-0.15, -0.1) is 0 Å². The number of fused-ring (bicyclic) bond motifs is 1. The van der Waals surface area contributed by atoms with Crippen molar-refractivity contribution in [1.29, 1.82) is 0 Å². The lowest BCUT2D eigenvalue weighted by atomic mass is 9.82. The maximum atomic E-state index is 14.4. The van der Waals surface area contributed by atoms with Crippen LogP contribution in [0.3, 0.4) is 0 Å². The van der Waals surface area contributed by atoms with Crippen LogP contribution in [0.5, 0.6) is 5.75 Å². The zero-order chi connectivity index (χ0) is 23.8. The Morgan fingerprint density at radius 3 is 2.50 bits per heavy atom. The normalized spacial score (nSPS) is 19.0. The summed E-state index contributed by atoms with van der Waals surface area (Å²) in [6.07, 6.45) is 4.07. The molecule has 176 valence electrons. The number of rotatable bonds is 7. The van der Waals surface area contributed by atoms with Gasteiger partial charge < -0.3 is 20.0 Å². The Labute approximate surface area is 199 Å². The van der Waals surface area contributed by atoms with Crippen molar-refractivity contribution in [3.05, 3.63) is 83.2 Å².